The minimum absolute atomic E-state index is 0.362. The second-order valence-corrected chi connectivity index (χ2v) is 5.09. The Morgan fingerprint density at radius 2 is 1.65 bits per heavy atom. The molecule has 0 atom stereocenters. The van der Waals surface area contributed by atoms with Crippen LogP contribution >= 0.6 is 0 Å². The van der Waals surface area contributed by atoms with Crippen molar-refractivity contribution in [3.63, 3.8) is 0 Å². The van der Waals surface area contributed by atoms with Crippen molar-refractivity contribution < 1.29 is 9.47 Å². The average molecular weight is 304 g/mol. The summed E-state index contributed by atoms with van der Waals surface area (Å²) in [5, 5.41) is 10.1. The van der Waals surface area contributed by atoms with Gasteiger partial charge in [0.05, 0.1) is 5.56 Å². The van der Waals surface area contributed by atoms with Crippen molar-refractivity contribution >= 4 is 10.9 Å². The van der Waals surface area contributed by atoms with Gasteiger partial charge in [0.2, 0.25) is 0 Å². The van der Waals surface area contributed by atoms with Crippen LogP contribution in [0.2, 0.25) is 0 Å². The van der Waals surface area contributed by atoms with Crippen LogP contribution in [0.25, 0.3) is 10.9 Å². The topological polar surface area (TPSA) is 55.1 Å². The van der Waals surface area contributed by atoms with Gasteiger partial charge in [-0.3, -0.25) is 0 Å². The molecule has 3 aromatic rings. The summed E-state index contributed by atoms with van der Waals surface area (Å²) in [5.74, 6) is 1.31. The van der Waals surface area contributed by atoms with Crippen LogP contribution in [0, 0.1) is 18.3 Å². The fourth-order valence-electron chi connectivity index (χ4n) is 2.32. The number of hydrogen-bond acceptors (Lipinski definition) is 4. The lowest BCUT2D eigenvalue weighted by Crippen LogP contribution is -2.10. The lowest BCUT2D eigenvalue weighted by Gasteiger charge is -2.11. The van der Waals surface area contributed by atoms with Crippen molar-refractivity contribution in [2.75, 3.05) is 13.2 Å². The Morgan fingerprint density at radius 1 is 0.913 bits per heavy atom. The first kappa shape index (κ1) is 14.9. The lowest BCUT2D eigenvalue weighted by atomic mass is 10.2. The number of nitrogens with zero attached hydrogens (tertiary/aromatic N) is 2. The Hall–Kier alpha value is -3.06. The molecule has 0 radical (unpaired) electrons. The maximum Gasteiger partial charge on any atom is 0.145 e. The lowest BCUT2D eigenvalue weighted by molar-refractivity contribution is 0.218. The monoisotopic (exact) mass is 304 g/mol. The van der Waals surface area contributed by atoms with E-state index in [4.69, 9.17) is 14.7 Å². The zero-order chi connectivity index (χ0) is 16.1. The van der Waals surface area contributed by atoms with Gasteiger partial charge in [-0.25, -0.2) is 4.98 Å². The van der Waals surface area contributed by atoms with Crippen LogP contribution in [-0.2, 0) is 0 Å². The fraction of sp³-hybridized carbons (Fsp3) is 0.158. The summed E-state index contributed by atoms with van der Waals surface area (Å²) in [7, 11) is 0. The van der Waals surface area contributed by atoms with Gasteiger partial charge >= 0.3 is 0 Å². The van der Waals surface area contributed by atoms with E-state index in [9.17, 15) is 0 Å². The predicted molar refractivity (Wildman–Crippen MR) is 88.6 cm³/mol. The third-order valence-corrected chi connectivity index (χ3v) is 3.43. The molecule has 0 saturated carbocycles. The summed E-state index contributed by atoms with van der Waals surface area (Å²) >= 11 is 0. The highest BCUT2D eigenvalue weighted by Gasteiger charge is 2.05. The molecule has 0 fully saturated rings. The maximum absolute atomic E-state index is 9.03. The fourth-order valence-corrected chi connectivity index (χ4v) is 2.32. The number of aromatic nitrogens is 1. The Labute approximate surface area is 134 Å². The van der Waals surface area contributed by atoms with Crippen LogP contribution < -0.4 is 9.47 Å². The molecule has 2 aromatic carbocycles. The van der Waals surface area contributed by atoms with Crippen LogP contribution in [0.3, 0.4) is 0 Å². The maximum atomic E-state index is 9.03. The third kappa shape index (κ3) is 3.41. The quantitative estimate of drug-likeness (QED) is 0.671. The van der Waals surface area contributed by atoms with Crippen LogP contribution in [0.5, 0.6) is 11.5 Å². The van der Waals surface area contributed by atoms with Gasteiger partial charge in [-0.05, 0) is 31.2 Å². The molecule has 0 spiro atoms. The number of benzene rings is 2. The van der Waals surface area contributed by atoms with Crippen LogP contribution in [0.4, 0.5) is 0 Å². The number of fused-ring (bicyclic) bond motifs is 1. The minimum atomic E-state index is 0.362. The van der Waals surface area contributed by atoms with Crippen LogP contribution in [0.1, 0.15) is 11.3 Å². The summed E-state index contributed by atoms with van der Waals surface area (Å²) in [4.78, 5) is 4.53. The normalized spacial score (nSPS) is 10.3. The second-order valence-electron chi connectivity index (χ2n) is 5.09. The first-order chi connectivity index (χ1) is 11.3. The number of nitriles is 1. The summed E-state index contributed by atoms with van der Waals surface area (Å²) < 4.78 is 11.4. The van der Waals surface area contributed by atoms with Gasteiger partial charge in [0.1, 0.15) is 36.3 Å². The second kappa shape index (κ2) is 6.80. The summed E-state index contributed by atoms with van der Waals surface area (Å²) in [6.45, 7) is 2.70. The van der Waals surface area contributed by atoms with Gasteiger partial charge in [0, 0.05) is 11.1 Å². The van der Waals surface area contributed by atoms with Gasteiger partial charge in [-0.15, -0.1) is 0 Å². The average Bonchev–Trinajstić information content (AvgIpc) is 2.59. The molecule has 3 rings (SSSR count). The highest BCUT2D eigenvalue weighted by atomic mass is 16.5. The van der Waals surface area contributed by atoms with Gasteiger partial charge in [-0.1, -0.05) is 30.3 Å². The van der Waals surface area contributed by atoms with Crippen molar-refractivity contribution in [2.45, 2.75) is 6.92 Å². The molecule has 23 heavy (non-hydrogen) atoms. The molecule has 0 bridgehead atoms. The van der Waals surface area contributed by atoms with E-state index in [1.165, 1.54) is 0 Å². The Balaban J connectivity index is 1.65. The third-order valence-electron chi connectivity index (χ3n) is 3.43. The molecule has 1 heterocycles. The van der Waals surface area contributed by atoms with Gasteiger partial charge in [-0.2, -0.15) is 5.26 Å². The number of ether oxygens (including phenoxy) is 2. The molecule has 114 valence electrons. The van der Waals surface area contributed by atoms with E-state index in [-0.39, 0.29) is 0 Å². The van der Waals surface area contributed by atoms with Crippen molar-refractivity contribution in [1.82, 2.24) is 4.98 Å². The molecule has 1 aromatic heterocycles. The van der Waals surface area contributed by atoms with Gasteiger partial charge in [0.15, 0.2) is 0 Å². The summed E-state index contributed by atoms with van der Waals surface area (Å²) in [5.41, 5.74) is 2.33. The standard InChI is InChI=1S/C19H16N2O2/c1-14-9-10-15-6-4-8-18(19(15)21-14)23-12-11-22-17-7-3-2-5-16(17)13-20/h2-10H,11-12H2,1H3. The predicted octanol–water partition coefficient (Wildman–Crippen LogP) is 3.87. The van der Waals surface area contributed by atoms with Gasteiger partial charge < -0.3 is 9.47 Å². The van der Waals surface area contributed by atoms with E-state index in [1.807, 2.05) is 49.4 Å². The molecule has 0 aliphatic rings. The molecular formula is C19H16N2O2. The van der Waals surface area contributed by atoms with Crippen molar-refractivity contribution in [3.8, 4) is 17.6 Å². The molecule has 0 N–H and O–H groups in total. The van der Waals surface area contributed by atoms with Crippen LogP contribution in [-0.4, -0.2) is 18.2 Å². The van der Waals surface area contributed by atoms with E-state index >= 15 is 0 Å². The first-order valence-electron chi connectivity index (χ1n) is 7.39. The number of pyridine rings is 1. The van der Waals surface area contributed by atoms with Crippen LogP contribution in [0.15, 0.2) is 54.6 Å². The van der Waals surface area contributed by atoms with Gasteiger partial charge in [0.25, 0.3) is 0 Å². The molecular weight excluding hydrogens is 288 g/mol. The number of para-hydroxylation sites is 2. The Bertz CT molecular complexity index is 869. The Morgan fingerprint density at radius 3 is 2.48 bits per heavy atom. The van der Waals surface area contributed by atoms with E-state index < -0.39 is 0 Å². The summed E-state index contributed by atoms with van der Waals surface area (Å²) in [6, 6.07) is 19.1. The van der Waals surface area contributed by atoms with E-state index in [1.54, 1.807) is 12.1 Å². The smallest absolute Gasteiger partial charge is 0.145 e. The molecule has 0 saturated heterocycles. The zero-order valence-corrected chi connectivity index (χ0v) is 12.8. The van der Waals surface area contributed by atoms with Crippen molar-refractivity contribution in [2.24, 2.45) is 0 Å². The summed E-state index contributed by atoms with van der Waals surface area (Å²) in [6.07, 6.45) is 0. The first-order valence-corrected chi connectivity index (χ1v) is 7.39. The molecule has 0 aliphatic carbocycles. The highest BCUT2D eigenvalue weighted by molar-refractivity contribution is 5.84. The molecule has 4 nitrogen and oxygen atoms in total. The van der Waals surface area contributed by atoms with Crippen molar-refractivity contribution in [1.29, 1.82) is 5.26 Å². The van der Waals surface area contributed by atoms with E-state index in [0.29, 0.717) is 24.5 Å². The molecule has 4 heteroatoms. The highest BCUT2D eigenvalue weighted by Crippen LogP contribution is 2.24. The zero-order valence-electron chi connectivity index (χ0n) is 12.8. The van der Waals surface area contributed by atoms with E-state index in [2.05, 4.69) is 11.1 Å². The number of aryl methyl sites for hydroxylation is 1. The van der Waals surface area contributed by atoms with E-state index in [0.717, 1.165) is 22.3 Å². The SMILES string of the molecule is Cc1ccc2cccc(OCCOc3ccccc3C#N)c2n1. The number of rotatable bonds is 5. The molecule has 0 amide bonds. The largest absolute Gasteiger partial charge is 0.489 e. The van der Waals surface area contributed by atoms with Crippen molar-refractivity contribution in [3.05, 3.63) is 65.9 Å². The Kier molecular flexibility index (Phi) is 4.39. The minimum Gasteiger partial charge on any atom is -0.489 e. The molecule has 0 aliphatic heterocycles. The number of hydrogen-bond donors (Lipinski definition) is 0. The molecule has 0 unspecified atom stereocenters.